The van der Waals surface area contributed by atoms with Crippen LogP contribution in [-0.4, -0.2) is 46.6 Å². The van der Waals surface area contributed by atoms with E-state index in [4.69, 9.17) is 14.6 Å². The zero-order chi connectivity index (χ0) is 15.8. The maximum Gasteiger partial charge on any atom is 0.335 e. The van der Waals surface area contributed by atoms with E-state index in [9.17, 15) is 14.7 Å². The van der Waals surface area contributed by atoms with Crippen LogP contribution in [-0.2, 0) is 19.1 Å². The Morgan fingerprint density at radius 1 is 1.10 bits per heavy atom. The molecular weight excluding hydrogens is 264 g/mol. The van der Waals surface area contributed by atoms with E-state index in [0.717, 1.165) is 12.8 Å². The molecule has 2 N–H and O–H groups in total. The predicted octanol–water partition coefficient (Wildman–Crippen LogP) is 1.17. The normalized spacial score (nSPS) is 16.9. The van der Waals surface area contributed by atoms with Gasteiger partial charge in [-0.2, -0.15) is 0 Å². The fourth-order valence-electron chi connectivity index (χ4n) is 1.62. The Labute approximate surface area is 120 Å². The minimum Gasteiger partial charge on any atom is -0.460 e. The van der Waals surface area contributed by atoms with Crippen LogP contribution in [0, 0.1) is 0 Å². The number of hydrogen-bond donors (Lipinski definition) is 2. The molecule has 0 aromatic carbocycles. The number of rotatable bonds is 9. The Kier molecular flexibility index (Phi) is 8.41. The first-order chi connectivity index (χ1) is 9.28. The van der Waals surface area contributed by atoms with Gasteiger partial charge in [0.2, 0.25) is 0 Å². The number of ether oxygens (including phenoxy) is 2. The molecule has 0 aliphatic rings. The summed E-state index contributed by atoms with van der Waals surface area (Å²) in [6.07, 6.45) is 0.244. The van der Waals surface area contributed by atoms with Crippen LogP contribution in [0.4, 0.5) is 0 Å². The summed E-state index contributed by atoms with van der Waals surface area (Å²) in [6, 6.07) is 0. The first kappa shape index (κ1) is 18.9. The molecule has 0 saturated carbocycles. The van der Waals surface area contributed by atoms with Crippen molar-refractivity contribution in [2.45, 2.75) is 71.2 Å². The van der Waals surface area contributed by atoms with E-state index in [1.165, 1.54) is 13.8 Å². The van der Waals surface area contributed by atoms with Gasteiger partial charge >= 0.3 is 11.9 Å². The number of aliphatic hydroxyl groups excluding tert-OH is 2. The summed E-state index contributed by atoms with van der Waals surface area (Å²) < 4.78 is 10.3. The van der Waals surface area contributed by atoms with Gasteiger partial charge < -0.3 is 19.7 Å². The topological polar surface area (TPSA) is 93.1 Å². The summed E-state index contributed by atoms with van der Waals surface area (Å²) in [5.74, 6) is -1.50. The molecule has 118 valence electrons. The third kappa shape index (κ3) is 6.34. The van der Waals surface area contributed by atoms with Crippen molar-refractivity contribution < 1.29 is 29.3 Å². The van der Waals surface area contributed by atoms with Gasteiger partial charge in [-0.1, -0.05) is 20.3 Å². The van der Waals surface area contributed by atoms with Gasteiger partial charge in [0.05, 0.1) is 0 Å². The Morgan fingerprint density at radius 3 is 2.05 bits per heavy atom. The van der Waals surface area contributed by atoms with Gasteiger partial charge in [0.15, 0.2) is 0 Å². The molecule has 0 radical (unpaired) electrons. The molecule has 6 heteroatoms. The van der Waals surface area contributed by atoms with E-state index in [-0.39, 0.29) is 6.61 Å². The molecule has 0 amide bonds. The lowest BCUT2D eigenvalue weighted by molar-refractivity contribution is -0.183. The molecule has 0 heterocycles. The van der Waals surface area contributed by atoms with Crippen molar-refractivity contribution in [1.29, 1.82) is 0 Å². The minimum atomic E-state index is -1.23. The van der Waals surface area contributed by atoms with Gasteiger partial charge in [0.1, 0.15) is 24.4 Å². The molecule has 0 rings (SSSR count). The smallest absolute Gasteiger partial charge is 0.335 e. The molecule has 0 bridgehead atoms. The summed E-state index contributed by atoms with van der Waals surface area (Å²) in [4.78, 5) is 22.9. The molecule has 0 spiro atoms. The van der Waals surface area contributed by atoms with Crippen molar-refractivity contribution in [2.75, 3.05) is 6.61 Å². The SMILES string of the molecule is CCCCC(CC)(COC(=O)C(C)O)OC(=O)C(C)O. The van der Waals surface area contributed by atoms with Gasteiger partial charge in [-0.05, 0) is 33.1 Å². The van der Waals surface area contributed by atoms with Crippen LogP contribution < -0.4 is 0 Å². The quantitative estimate of drug-likeness (QED) is 0.619. The zero-order valence-electron chi connectivity index (χ0n) is 12.7. The number of carbonyl (C=O) groups excluding carboxylic acids is 2. The van der Waals surface area contributed by atoms with Crippen LogP contribution >= 0.6 is 0 Å². The van der Waals surface area contributed by atoms with E-state index in [1.54, 1.807) is 0 Å². The Bertz CT molecular complexity index is 313. The van der Waals surface area contributed by atoms with Crippen molar-refractivity contribution in [3.63, 3.8) is 0 Å². The number of carbonyl (C=O) groups is 2. The van der Waals surface area contributed by atoms with E-state index in [1.807, 2.05) is 13.8 Å². The molecule has 0 aromatic heterocycles. The average Bonchev–Trinajstić information content (AvgIpc) is 2.41. The largest absolute Gasteiger partial charge is 0.460 e. The maximum atomic E-state index is 11.6. The lowest BCUT2D eigenvalue weighted by atomic mass is 9.94. The minimum absolute atomic E-state index is 0.119. The van der Waals surface area contributed by atoms with E-state index >= 15 is 0 Å². The molecule has 0 saturated heterocycles. The molecule has 0 aliphatic heterocycles. The standard InChI is InChI=1S/C14H26O6/c1-5-7-8-14(6-2,20-13(18)11(4)16)9-19-12(17)10(3)15/h10-11,15-16H,5-9H2,1-4H3. The van der Waals surface area contributed by atoms with Crippen LogP contribution in [0.15, 0.2) is 0 Å². The molecule has 3 atom stereocenters. The van der Waals surface area contributed by atoms with Crippen molar-refractivity contribution in [2.24, 2.45) is 0 Å². The molecular formula is C14H26O6. The highest BCUT2D eigenvalue weighted by Gasteiger charge is 2.35. The molecule has 20 heavy (non-hydrogen) atoms. The van der Waals surface area contributed by atoms with Gasteiger partial charge in [0.25, 0.3) is 0 Å². The molecule has 0 aromatic rings. The zero-order valence-corrected chi connectivity index (χ0v) is 12.7. The van der Waals surface area contributed by atoms with Gasteiger partial charge in [0, 0.05) is 0 Å². The highest BCUT2D eigenvalue weighted by atomic mass is 16.6. The van der Waals surface area contributed by atoms with Crippen LogP contribution in [0.3, 0.4) is 0 Å². The van der Waals surface area contributed by atoms with Gasteiger partial charge in [-0.15, -0.1) is 0 Å². The molecule has 6 nitrogen and oxygen atoms in total. The third-order valence-electron chi connectivity index (χ3n) is 3.11. The van der Waals surface area contributed by atoms with Gasteiger partial charge in [-0.3, -0.25) is 0 Å². The molecule has 0 fully saturated rings. The summed E-state index contributed by atoms with van der Waals surface area (Å²) in [6.45, 7) is 6.33. The highest BCUT2D eigenvalue weighted by molar-refractivity contribution is 5.75. The first-order valence-electron chi connectivity index (χ1n) is 7.03. The third-order valence-corrected chi connectivity index (χ3v) is 3.11. The molecule has 3 unspecified atom stereocenters. The average molecular weight is 290 g/mol. The van der Waals surface area contributed by atoms with Crippen molar-refractivity contribution in [1.82, 2.24) is 0 Å². The van der Waals surface area contributed by atoms with Crippen molar-refractivity contribution in [3.05, 3.63) is 0 Å². The van der Waals surface area contributed by atoms with E-state index in [2.05, 4.69) is 0 Å². The molecule has 0 aliphatic carbocycles. The number of aliphatic hydroxyl groups is 2. The van der Waals surface area contributed by atoms with Crippen LogP contribution in [0.2, 0.25) is 0 Å². The maximum absolute atomic E-state index is 11.6. The Hall–Kier alpha value is -1.14. The second-order valence-corrected chi connectivity index (χ2v) is 5.02. The number of hydrogen-bond acceptors (Lipinski definition) is 6. The summed E-state index contributed by atoms with van der Waals surface area (Å²) >= 11 is 0. The van der Waals surface area contributed by atoms with Gasteiger partial charge in [-0.25, -0.2) is 9.59 Å². The Balaban J connectivity index is 4.83. The van der Waals surface area contributed by atoms with Crippen molar-refractivity contribution in [3.8, 4) is 0 Å². The lowest BCUT2D eigenvalue weighted by Crippen LogP contribution is -2.43. The predicted molar refractivity (Wildman–Crippen MR) is 73.0 cm³/mol. The Morgan fingerprint density at radius 2 is 1.65 bits per heavy atom. The van der Waals surface area contributed by atoms with Crippen molar-refractivity contribution >= 4 is 11.9 Å². The van der Waals surface area contributed by atoms with Crippen LogP contribution in [0.5, 0.6) is 0 Å². The van der Waals surface area contributed by atoms with E-state index in [0.29, 0.717) is 12.8 Å². The monoisotopic (exact) mass is 290 g/mol. The summed E-state index contributed by atoms with van der Waals surface area (Å²) in [5.41, 5.74) is -0.950. The summed E-state index contributed by atoms with van der Waals surface area (Å²) in [7, 11) is 0. The fraction of sp³-hybridized carbons (Fsp3) is 0.857. The highest BCUT2D eigenvalue weighted by Crippen LogP contribution is 2.25. The number of esters is 2. The fourth-order valence-corrected chi connectivity index (χ4v) is 1.62. The van der Waals surface area contributed by atoms with Crippen LogP contribution in [0.25, 0.3) is 0 Å². The number of unbranched alkanes of at least 4 members (excludes halogenated alkanes) is 1. The lowest BCUT2D eigenvalue weighted by Gasteiger charge is -2.32. The second-order valence-electron chi connectivity index (χ2n) is 5.02. The first-order valence-corrected chi connectivity index (χ1v) is 7.03. The van der Waals surface area contributed by atoms with E-state index < -0.39 is 29.7 Å². The second kappa shape index (κ2) is 8.92. The van der Waals surface area contributed by atoms with Crippen LogP contribution in [0.1, 0.15) is 53.4 Å². The summed E-state index contributed by atoms with van der Waals surface area (Å²) in [5, 5.41) is 18.4.